The molecule has 0 aliphatic heterocycles. The Hall–Kier alpha value is -3.02. The van der Waals surface area contributed by atoms with Gasteiger partial charge in [0.1, 0.15) is 0 Å². The maximum atomic E-state index is 12.1. The third kappa shape index (κ3) is 3.60. The summed E-state index contributed by atoms with van der Waals surface area (Å²) in [5, 5.41) is 10.9. The summed E-state index contributed by atoms with van der Waals surface area (Å²) in [6, 6.07) is 13.7. The first-order valence-electron chi connectivity index (χ1n) is 7.38. The van der Waals surface area contributed by atoms with Gasteiger partial charge in [-0.05, 0) is 30.2 Å². The first kappa shape index (κ1) is 14.9. The first-order valence-corrected chi connectivity index (χ1v) is 7.38. The standard InChI is InChI=1S/C17H17N5O/c1-13(15-5-3-2-4-6-15)22-12-16(20-21-22)17(23)19-11-14-7-9-18-10-8-14/h2-10,12-13H,11H2,1H3,(H,19,23)/t13-/m0/s1. The predicted molar refractivity (Wildman–Crippen MR) is 85.7 cm³/mol. The fourth-order valence-corrected chi connectivity index (χ4v) is 2.23. The molecule has 116 valence electrons. The molecule has 2 aromatic heterocycles. The third-order valence-corrected chi connectivity index (χ3v) is 3.62. The monoisotopic (exact) mass is 307 g/mol. The number of pyridine rings is 1. The lowest BCUT2D eigenvalue weighted by Gasteiger charge is -2.10. The molecule has 1 N–H and O–H groups in total. The molecule has 23 heavy (non-hydrogen) atoms. The number of nitrogens with zero attached hydrogens (tertiary/aromatic N) is 4. The predicted octanol–water partition coefficient (Wildman–Crippen LogP) is 2.21. The van der Waals surface area contributed by atoms with Crippen molar-refractivity contribution in [3.63, 3.8) is 0 Å². The molecule has 0 fully saturated rings. The van der Waals surface area contributed by atoms with Gasteiger partial charge < -0.3 is 5.32 Å². The van der Waals surface area contributed by atoms with Crippen LogP contribution in [-0.4, -0.2) is 25.9 Å². The average Bonchev–Trinajstić information content (AvgIpc) is 3.11. The van der Waals surface area contributed by atoms with Gasteiger partial charge in [0.2, 0.25) is 0 Å². The quantitative estimate of drug-likeness (QED) is 0.784. The zero-order valence-corrected chi connectivity index (χ0v) is 12.8. The molecule has 2 heterocycles. The van der Waals surface area contributed by atoms with Gasteiger partial charge in [-0.3, -0.25) is 9.78 Å². The van der Waals surface area contributed by atoms with E-state index in [1.54, 1.807) is 23.3 Å². The number of hydrogen-bond acceptors (Lipinski definition) is 4. The molecule has 6 heteroatoms. The van der Waals surface area contributed by atoms with Crippen LogP contribution in [0.4, 0.5) is 0 Å². The van der Waals surface area contributed by atoms with Crippen molar-refractivity contribution in [3.05, 3.63) is 77.9 Å². The van der Waals surface area contributed by atoms with E-state index in [0.29, 0.717) is 12.2 Å². The van der Waals surface area contributed by atoms with E-state index < -0.39 is 0 Å². The largest absolute Gasteiger partial charge is 0.347 e. The van der Waals surface area contributed by atoms with E-state index in [1.165, 1.54) is 0 Å². The van der Waals surface area contributed by atoms with Crippen molar-refractivity contribution in [2.75, 3.05) is 0 Å². The topological polar surface area (TPSA) is 72.7 Å². The van der Waals surface area contributed by atoms with Crippen molar-refractivity contribution in [1.82, 2.24) is 25.3 Å². The van der Waals surface area contributed by atoms with E-state index in [0.717, 1.165) is 11.1 Å². The molecule has 3 aromatic rings. The van der Waals surface area contributed by atoms with Gasteiger partial charge >= 0.3 is 0 Å². The fourth-order valence-electron chi connectivity index (χ4n) is 2.23. The van der Waals surface area contributed by atoms with Gasteiger partial charge in [-0.1, -0.05) is 35.5 Å². The molecular weight excluding hydrogens is 290 g/mol. The summed E-state index contributed by atoms with van der Waals surface area (Å²) in [5.41, 5.74) is 2.40. The molecule has 0 spiro atoms. The molecule has 0 aliphatic rings. The Balaban J connectivity index is 1.65. The van der Waals surface area contributed by atoms with E-state index in [-0.39, 0.29) is 11.9 Å². The Bertz CT molecular complexity index is 770. The Labute approximate surface area is 134 Å². The molecule has 0 aliphatic carbocycles. The van der Waals surface area contributed by atoms with Crippen molar-refractivity contribution in [2.24, 2.45) is 0 Å². The number of aromatic nitrogens is 4. The summed E-state index contributed by atoms with van der Waals surface area (Å²) in [7, 11) is 0. The Morgan fingerprint density at radius 1 is 1.17 bits per heavy atom. The number of carbonyl (C=O) groups is 1. The molecule has 0 bridgehead atoms. The molecule has 0 saturated carbocycles. The van der Waals surface area contributed by atoms with Crippen LogP contribution in [0, 0.1) is 0 Å². The normalized spacial score (nSPS) is 11.9. The van der Waals surface area contributed by atoms with Gasteiger partial charge in [-0.25, -0.2) is 4.68 Å². The maximum Gasteiger partial charge on any atom is 0.273 e. The number of nitrogens with one attached hydrogen (secondary N) is 1. The Kier molecular flexibility index (Phi) is 4.42. The minimum absolute atomic E-state index is 0.0189. The van der Waals surface area contributed by atoms with Gasteiger partial charge in [0, 0.05) is 18.9 Å². The minimum atomic E-state index is -0.242. The summed E-state index contributed by atoms with van der Waals surface area (Å²) in [6.45, 7) is 2.45. The van der Waals surface area contributed by atoms with Gasteiger partial charge in [0.25, 0.3) is 5.91 Å². The van der Waals surface area contributed by atoms with Crippen LogP contribution in [0.1, 0.15) is 34.6 Å². The lowest BCUT2D eigenvalue weighted by molar-refractivity contribution is 0.0946. The molecule has 3 rings (SSSR count). The maximum absolute atomic E-state index is 12.1. The second kappa shape index (κ2) is 6.83. The number of amides is 1. The second-order valence-corrected chi connectivity index (χ2v) is 5.21. The molecule has 1 atom stereocenters. The third-order valence-electron chi connectivity index (χ3n) is 3.62. The average molecular weight is 307 g/mol. The highest BCUT2D eigenvalue weighted by Gasteiger charge is 2.14. The lowest BCUT2D eigenvalue weighted by atomic mass is 10.1. The van der Waals surface area contributed by atoms with Crippen LogP contribution >= 0.6 is 0 Å². The van der Waals surface area contributed by atoms with Crippen LogP contribution in [0.5, 0.6) is 0 Å². The highest BCUT2D eigenvalue weighted by Crippen LogP contribution is 2.16. The van der Waals surface area contributed by atoms with E-state index in [9.17, 15) is 4.79 Å². The molecular formula is C17H17N5O. The zero-order chi connectivity index (χ0) is 16.1. The molecule has 0 radical (unpaired) electrons. The summed E-state index contributed by atoms with van der Waals surface area (Å²) >= 11 is 0. The summed E-state index contributed by atoms with van der Waals surface area (Å²) in [5.74, 6) is -0.242. The van der Waals surface area contributed by atoms with Crippen LogP contribution in [-0.2, 0) is 6.54 Å². The van der Waals surface area contributed by atoms with E-state index in [1.807, 2.05) is 49.4 Å². The minimum Gasteiger partial charge on any atom is -0.347 e. The summed E-state index contributed by atoms with van der Waals surface area (Å²) < 4.78 is 1.69. The zero-order valence-electron chi connectivity index (χ0n) is 12.8. The van der Waals surface area contributed by atoms with E-state index in [2.05, 4.69) is 20.6 Å². The van der Waals surface area contributed by atoms with Crippen LogP contribution in [0.2, 0.25) is 0 Å². The van der Waals surface area contributed by atoms with Gasteiger partial charge in [0.05, 0.1) is 12.2 Å². The summed E-state index contributed by atoms with van der Waals surface area (Å²) in [4.78, 5) is 16.1. The lowest BCUT2D eigenvalue weighted by Crippen LogP contribution is -2.23. The van der Waals surface area contributed by atoms with Gasteiger partial charge in [0.15, 0.2) is 5.69 Å². The first-order chi connectivity index (χ1) is 11.2. The van der Waals surface area contributed by atoms with E-state index in [4.69, 9.17) is 0 Å². The molecule has 0 unspecified atom stereocenters. The molecule has 6 nitrogen and oxygen atoms in total. The van der Waals surface area contributed by atoms with Crippen LogP contribution in [0.3, 0.4) is 0 Å². The highest BCUT2D eigenvalue weighted by molar-refractivity contribution is 5.91. The SMILES string of the molecule is C[C@@H](c1ccccc1)n1cc(C(=O)NCc2ccncc2)nn1. The van der Waals surface area contributed by atoms with Gasteiger partial charge in [-0.2, -0.15) is 0 Å². The summed E-state index contributed by atoms with van der Waals surface area (Å²) in [6.07, 6.45) is 5.05. The van der Waals surface area contributed by atoms with Crippen molar-refractivity contribution in [2.45, 2.75) is 19.5 Å². The number of carbonyl (C=O) groups excluding carboxylic acids is 1. The van der Waals surface area contributed by atoms with Crippen molar-refractivity contribution in [1.29, 1.82) is 0 Å². The molecule has 0 saturated heterocycles. The smallest absolute Gasteiger partial charge is 0.273 e. The van der Waals surface area contributed by atoms with Crippen LogP contribution in [0.25, 0.3) is 0 Å². The number of rotatable bonds is 5. The van der Waals surface area contributed by atoms with Crippen LogP contribution in [0.15, 0.2) is 61.1 Å². The van der Waals surface area contributed by atoms with E-state index >= 15 is 0 Å². The van der Waals surface area contributed by atoms with Crippen molar-refractivity contribution in [3.8, 4) is 0 Å². The second-order valence-electron chi connectivity index (χ2n) is 5.21. The van der Waals surface area contributed by atoms with Gasteiger partial charge in [-0.15, -0.1) is 5.10 Å². The highest BCUT2D eigenvalue weighted by atomic mass is 16.2. The number of hydrogen-bond donors (Lipinski definition) is 1. The fraction of sp³-hybridized carbons (Fsp3) is 0.176. The Morgan fingerprint density at radius 2 is 1.91 bits per heavy atom. The molecule has 1 amide bonds. The number of benzene rings is 1. The van der Waals surface area contributed by atoms with Crippen molar-refractivity contribution >= 4 is 5.91 Å². The molecule has 1 aromatic carbocycles. The Morgan fingerprint density at radius 3 is 2.65 bits per heavy atom. The van der Waals surface area contributed by atoms with Crippen molar-refractivity contribution < 1.29 is 4.79 Å². The van der Waals surface area contributed by atoms with Crippen LogP contribution < -0.4 is 5.32 Å².